The molecular formula is C11H18N2O2. The Balaban J connectivity index is 1.99. The molecule has 84 valence electrons. The van der Waals surface area contributed by atoms with Gasteiger partial charge in [0.25, 0.3) is 0 Å². The number of nitrogens with one attached hydrogen (secondary N) is 1. The first-order valence-electron chi connectivity index (χ1n) is 5.60. The molecule has 2 rings (SSSR count). The first-order valence-corrected chi connectivity index (χ1v) is 5.60. The van der Waals surface area contributed by atoms with E-state index in [-0.39, 0.29) is 12.0 Å². The number of esters is 1. The minimum atomic E-state index is -0.287. The van der Waals surface area contributed by atoms with Gasteiger partial charge in [0.05, 0.1) is 6.61 Å². The zero-order valence-electron chi connectivity index (χ0n) is 9.32. The molecule has 1 fully saturated rings. The minimum Gasteiger partial charge on any atom is -0.465 e. The van der Waals surface area contributed by atoms with Crippen LogP contribution in [0.25, 0.3) is 0 Å². The molecule has 0 bridgehead atoms. The lowest BCUT2D eigenvalue weighted by molar-refractivity contribution is -0.144. The highest BCUT2D eigenvalue weighted by molar-refractivity contribution is 5.78. The zero-order chi connectivity index (χ0) is 10.8. The van der Waals surface area contributed by atoms with Gasteiger partial charge in [-0.05, 0) is 25.8 Å². The SMILES string of the molecule is CCOC(=O)C1C=C(C2CCC2)N(C)N1. The molecule has 0 spiro atoms. The quantitative estimate of drug-likeness (QED) is 0.707. The van der Waals surface area contributed by atoms with Crippen LogP contribution in [0.4, 0.5) is 0 Å². The van der Waals surface area contributed by atoms with E-state index in [0.29, 0.717) is 12.5 Å². The zero-order valence-corrected chi connectivity index (χ0v) is 9.32. The van der Waals surface area contributed by atoms with Crippen molar-refractivity contribution in [2.24, 2.45) is 5.92 Å². The van der Waals surface area contributed by atoms with E-state index in [1.54, 1.807) is 0 Å². The number of hydrogen-bond acceptors (Lipinski definition) is 4. The average molecular weight is 210 g/mol. The molecule has 1 unspecified atom stereocenters. The Bertz CT molecular complexity index is 284. The summed E-state index contributed by atoms with van der Waals surface area (Å²) in [7, 11) is 1.96. The van der Waals surface area contributed by atoms with Gasteiger partial charge in [-0.2, -0.15) is 0 Å². The fourth-order valence-corrected chi connectivity index (χ4v) is 2.07. The van der Waals surface area contributed by atoms with E-state index in [4.69, 9.17) is 4.74 Å². The lowest BCUT2D eigenvalue weighted by Gasteiger charge is -2.31. The van der Waals surface area contributed by atoms with Crippen LogP contribution in [0.1, 0.15) is 26.2 Å². The number of ether oxygens (including phenoxy) is 1. The van der Waals surface area contributed by atoms with Crippen molar-refractivity contribution in [2.75, 3.05) is 13.7 Å². The van der Waals surface area contributed by atoms with Crippen molar-refractivity contribution in [3.05, 3.63) is 11.8 Å². The maximum absolute atomic E-state index is 11.5. The maximum atomic E-state index is 11.5. The van der Waals surface area contributed by atoms with Gasteiger partial charge in [0.1, 0.15) is 6.04 Å². The summed E-state index contributed by atoms with van der Waals surface area (Å²) in [5, 5.41) is 1.96. The summed E-state index contributed by atoms with van der Waals surface area (Å²) >= 11 is 0. The van der Waals surface area contributed by atoms with Crippen LogP contribution in [0.2, 0.25) is 0 Å². The normalized spacial score (nSPS) is 26.1. The summed E-state index contributed by atoms with van der Waals surface area (Å²) in [4.78, 5) is 11.5. The Labute approximate surface area is 90.2 Å². The van der Waals surface area contributed by atoms with Crippen molar-refractivity contribution >= 4 is 5.97 Å². The number of carbonyl (C=O) groups is 1. The molecule has 0 saturated heterocycles. The summed E-state index contributed by atoms with van der Waals surface area (Å²) in [6.07, 6.45) is 5.79. The first kappa shape index (κ1) is 10.5. The van der Waals surface area contributed by atoms with Crippen molar-refractivity contribution in [3.63, 3.8) is 0 Å². The summed E-state index contributed by atoms with van der Waals surface area (Å²) in [6.45, 7) is 2.26. The number of nitrogens with zero attached hydrogens (tertiary/aromatic N) is 1. The van der Waals surface area contributed by atoms with Gasteiger partial charge < -0.3 is 9.75 Å². The highest BCUT2D eigenvalue weighted by Gasteiger charge is 2.33. The molecule has 15 heavy (non-hydrogen) atoms. The van der Waals surface area contributed by atoms with Gasteiger partial charge in [-0.1, -0.05) is 6.42 Å². The van der Waals surface area contributed by atoms with Crippen LogP contribution < -0.4 is 5.43 Å². The number of carbonyl (C=O) groups excluding carboxylic acids is 1. The van der Waals surface area contributed by atoms with Crippen molar-refractivity contribution in [2.45, 2.75) is 32.2 Å². The van der Waals surface area contributed by atoms with Gasteiger partial charge >= 0.3 is 5.97 Å². The first-order chi connectivity index (χ1) is 7.22. The Hall–Kier alpha value is -1.03. The number of hydrogen-bond donors (Lipinski definition) is 1. The molecule has 4 nitrogen and oxygen atoms in total. The monoisotopic (exact) mass is 210 g/mol. The summed E-state index contributed by atoms with van der Waals surface area (Å²) in [5.74, 6) is 0.459. The van der Waals surface area contributed by atoms with E-state index in [2.05, 4.69) is 5.43 Å². The molecule has 1 aliphatic carbocycles. The second-order valence-electron chi connectivity index (χ2n) is 4.14. The molecule has 0 radical (unpaired) electrons. The van der Waals surface area contributed by atoms with E-state index in [0.717, 1.165) is 0 Å². The van der Waals surface area contributed by atoms with Crippen molar-refractivity contribution < 1.29 is 9.53 Å². The highest BCUT2D eigenvalue weighted by Crippen LogP contribution is 2.35. The van der Waals surface area contributed by atoms with Gasteiger partial charge in [0.15, 0.2) is 0 Å². The van der Waals surface area contributed by atoms with Crippen LogP contribution in [-0.4, -0.2) is 30.7 Å². The summed E-state index contributed by atoms with van der Waals surface area (Å²) in [5.41, 5.74) is 4.35. The maximum Gasteiger partial charge on any atom is 0.329 e. The molecule has 1 N–H and O–H groups in total. The van der Waals surface area contributed by atoms with Gasteiger partial charge in [-0.15, -0.1) is 0 Å². The third kappa shape index (κ3) is 2.00. The van der Waals surface area contributed by atoms with Crippen LogP contribution in [0.3, 0.4) is 0 Å². The molecule has 0 aromatic heterocycles. The molecule has 1 atom stereocenters. The molecule has 4 heteroatoms. The minimum absolute atomic E-state index is 0.182. The van der Waals surface area contributed by atoms with Crippen molar-refractivity contribution in [3.8, 4) is 0 Å². The predicted octanol–water partition coefficient (Wildman–Crippen LogP) is 1.05. The average Bonchev–Trinajstić information content (AvgIpc) is 2.46. The third-order valence-electron chi connectivity index (χ3n) is 3.12. The predicted molar refractivity (Wildman–Crippen MR) is 56.7 cm³/mol. The number of rotatable bonds is 3. The lowest BCUT2D eigenvalue weighted by Crippen LogP contribution is -2.40. The van der Waals surface area contributed by atoms with Gasteiger partial charge in [-0.3, -0.25) is 0 Å². The van der Waals surface area contributed by atoms with Crippen molar-refractivity contribution in [1.29, 1.82) is 0 Å². The Kier molecular flexibility index (Phi) is 2.95. The highest BCUT2D eigenvalue weighted by atomic mass is 16.5. The fraction of sp³-hybridized carbons (Fsp3) is 0.727. The molecule has 0 aromatic rings. The second-order valence-corrected chi connectivity index (χ2v) is 4.14. The molecule has 1 aliphatic heterocycles. The van der Waals surface area contributed by atoms with Gasteiger partial charge in [0.2, 0.25) is 0 Å². The third-order valence-corrected chi connectivity index (χ3v) is 3.12. The van der Waals surface area contributed by atoms with Crippen LogP contribution >= 0.6 is 0 Å². The molecule has 0 aromatic carbocycles. The Morgan fingerprint density at radius 3 is 2.93 bits per heavy atom. The number of allylic oxidation sites excluding steroid dienone is 1. The van der Waals surface area contributed by atoms with Gasteiger partial charge in [0, 0.05) is 18.7 Å². The van der Waals surface area contributed by atoms with E-state index >= 15 is 0 Å². The topological polar surface area (TPSA) is 41.6 Å². The lowest BCUT2D eigenvalue weighted by atomic mass is 9.82. The molecular weight excluding hydrogens is 192 g/mol. The van der Waals surface area contributed by atoms with E-state index in [1.807, 2.05) is 25.1 Å². The smallest absolute Gasteiger partial charge is 0.329 e. The fourth-order valence-electron chi connectivity index (χ4n) is 2.07. The Morgan fingerprint density at radius 1 is 1.67 bits per heavy atom. The van der Waals surface area contributed by atoms with Crippen LogP contribution in [-0.2, 0) is 9.53 Å². The second kappa shape index (κ2) is 4.23. The number of hydrazine groups is 1. The van der Waals surface area contributed by atoms with Crippen LogP contribution in [0.15, 0.2) is 11.8 Å². The molecule has 2 aliphatic rings. The molecule has 0 amide bonds. The largest absolute Gasteiger partial charge is 0.465 e. The van der Waals surface area contributed by atoms with Crippen LogP contribution in [0, 0.1) is 5.92 Å². The summed E-state index contributed by atoms with van der Waals surface area (Å²) < 4.78 is 4.98. The van der Waals surface area contributed by atoms with E-state index < -0.39 is 0 Å². The van der Waals surface area contributed by atoms with Crippen molar-refractivity contribution in [1.82, 2.24) is 10.4 Å². The van der Waals surface area contributed by atoms with E-state index in [1.165, 1.54) is 25.0 Å². The molecule has 1 heterocycles. The van der Waals surface area contributed by atoms with Crippen LogP contribution in [0.5, 0.6) is 0 Å². The summed E-state index contributed by atoms with van der Waals surface area (Å²) in [6, 6.07) is -0.287. The standard InChI is InChI=1S/C11H18N2O2/c1-3-15-11(14)9-7-10(13(2)12-9)8-5-4-6-8/h7-9,12H,3-6H2,1-2H3. The molecule has 1 saturated carbocycles. The van der Waals surface area contributed by atoms with E-state index in [9.17, 15) is 4.79 Å². The Morgan fingerprint density at radius 2 is 2.40 bits per heavy atom. The van der Waals surface area contributed by atoms with Gasteiger partial charge in [-0.25, -0.2) is 10.2 Å².